The summed E-state index contributed by atoms with van der Waals surface area (Å²) in [6, 6.07) is 9.91. The Kier molecular flexibility index (Phi) is 19.7. The highest BCUT2D eigenvalue weighted by molar-refractivity contribution is 7.15. The number of pyridine rings is 1. The van der Waals surface area contributed by atoms with E-state index in [9.17, 15) is 48.6 Å². The predicted molar refractivity (Wildman–Crippen MR) is 317 cm³/mol. The summed E-state index contributed by atoms with van der Waals surface area (Å²) in [5, 5.41) is 52.4. The van der Waals surface area contributed by atoms with Crippen LogP contribution in [0, 0.1) is 18.8 Å². The van der Waals surface area contributed by atoms with Crippen LogP contribution in [-0.4, -0.2) is 125 Å². The van der Waals surface area contributed by atoms with E-state index in [1.54, 1.807) is 65.5 Å². The quantitative estimate of drug-likeness (QED) is 0.0512. The van der Waals surface area contributed by atoms with Crippen LogP contribution in [0.1, 0.15) is 119 Å². The number of aliphatic carboxylic acids is 2. The number of methoxy groups -OCH3 is 1. The number of benzene rings is 1. The molecule has 1 aliphatic rings. The average molecular weight is 1270 g/mol. The number of carboxylic acids is 2. The second-order valence-electron chi connectivity index (χ2n) is 19.3. The molecule has 0 aliphatic carbocycles. The molecule has 8 N–H and O–H groups in total. The van der Waals surface area contributed by atoms with Crippen LogP contribution < -0.4 is 26.6 Å². The largest absolute Gasteiger partial charge is 0.481 e. The average Bonchev–Trinajstić information content (AvgIpc) is 3.50. The number of aryl methyl sites for hydroxylation is 1. The molecule has 0 saturated carbocycles. The highest BCUT2D eigenvalue weighted by Gasteiger charge is 2.33. The van der Waals surface area contributed by atoms with Crippen LogP contribution in [0.5, 0.6) is 0 Å². The van der Waals surface area contributed by atoms with Crippen molar-refractivity contribution in [1.82, 2.24) is 56.2 Å². The van der Waals surface area contributed by atoms with Crippen molar-refractivity contribution in [2.75, 3.05) is 32.6 Å². The first-order valence-electron chi connectivity index (χ1n) is 25.8. The van der Waals surface area contributed by atoms with Crippen LogP contribution in [0.2, 0.25) is 0 Å². The second-order valence-corrected chi connectivity index (χ2v) is 25.1. The predicted octanol–water partition coefficient (Wildman–Crippen LogP) is 7.92. The number of hydrogen-bond acceptors (Lipinski definition) is 24. The van der Waals surface area contributed by atoms with Crippen molar-refractivity contribution < 1.29 is 63.1 Å². The topological polar surface area (TPSA) is 366 Å². The molecule has 5 amide bonds. The van der Waals surface area contributed by atoms with Gasteiger partial charge in [-0.25, -0.2) is 39.7 Å². The van der Waals surface area contributed by atoms with E-state index in [1.807, 2.05) is 13.8 Å². The SMILES string of the molecule is CNC(=O)C[C@@H]1NC(=O)c2csc(n2)-c2ccc(-c3nc(NC(=O)OC[C@H](CC(=O)O)C(=O)O)cs3)nc2-c2csc(n2)-c2csc(n2)[C@H]([C@@H](O)c2ccccc2)NC(=O)CNC(=O)c2nc(sc2COC)C(C(C)C)CC(=O)c2nc1sc2C. The number of rotatable bonds is 14. The molecule has 0 radical (unpaired) electrons. The van der Waals surface area contributed by atoms with Crippen molar-refractivity contribution in [3.8, 4) is 43.4 Å². The zero-order valence-corrected chi connectivity index (χ0v) is 50.5. The fourth-order valence-electron chi connectivity index (χ4n) is 8.64. The van der Waals surface area contributed by atoms with Crippen molar-refractivity contribution in [3.63, 3.8) is 0 Å². The molecule has 0 saturated heterocycles. The van der Waals surface area contributed by atoms with E-state index in [4.69, 9.17) is 44.5 Å². The Balaban J connectivity index is 1.10. The number of aliphatic hydroxyl groups excluding tert-OH is 1. The molecule has 85 heavy (non-hydrogen) atoms. The van der Waals surface area contributed by atoms with Crippen LogP contribution in [0.25, 0.3) is 43.4 Å². The Morgan fingerprint density at radius 2 is 1.45 bits per heavy atom. The molecule has 9 rings (SSSR count). The maximum Gasteiger partial charge on any atom is 0.412 e. The molecule has 0 fully saturated rings. The lowest BCUT2D eigenvalue weighted by atomic mass is 9.90. The molecule has 1 aliphatic heterocycles. The molecular formula is C54H52N12O13S6. The summed E-state index contributed by atoms with van der Waals surface area (Å²) in [6.07, 6.45) is -3.43. The molecule has 25 nitrogen and oxygen atoms in total. The number of anilines is 1. The second kappa shape index (κ2) is 27.2. The van der Waals surface area contributed by atoms with Gasteiger partial charge in [0, 0.05) is 58.5 Å². The standard InChI is InChI=1S/C54H52N12O13S6/c1-23(2)28-14-34(67)40-24(3)84-51(65-40)30(15-37(68)55-4)58-45(73)32-20-80-47(60-32)27-11-12-29(49-62-36(22-83-49)63-54(77)79-17-26(53(75)76)13-39(70)71)57-41(27)31-19-81-50(59-31)33-21-82-52(61-33)43(44(72)25-9-7-6-8-10-25)64-38(69)16-56-46(74)42-35(18-78-5)85-48(28)66-42/h6-12,19-23,26,28,30,43-44,72H,13-18H2,1-5H3,(H,55,68)(H,56,74)(H,58,73)(H,63,77)(H,64,69)(H,70,71)(H,75,76)/t26-,28?,30-,43-,44-/m0/s1. The van der Waals surface area contributed by atoms with E-state index in [0.717, 1.165) is 45.3 Å². The minimum atomic E-state index is -1.48. The number of carboxylic acid groups (broad SMARTS) is 2. The first kappa shape index (κ1) is 61.4. The van der Waals surface area contributed by atoms with Gasteiger partial charge in [-0.05, 0) is 30.5 Å². The lowest BCUT2D eigenvalue weighted by Crippen LogP contribution is -2.40. The van der Waals surface area contributed by atoms with E-state index >= 15 is 0 Å². The van der Waals surface area contributed by atoms with Gasteiger partial charge >= 0.3 is 18.0 Å². The molecule has 10 bridgehead atoms. The van der Waals surface area contributed by atoms with Crippen LogP contribution in [0.3, 0.4) is 0 Å². The number of nitrogens with zero attached hydrogens (tertiary/aromatic N) is 7. The third-order valence-electron chi connectivity index (χ3n) is 13.0. The molecule has 8 aromatic rings. The van der Waals surface area contributed by atoms with Gasteiger partial charge in [0.05, 0.1) is 47.6 Å². The van der Waals surface area contributed by atoms with Gasteiger partial charge in [-0.1, -0.05) is 44.2 Å². The number of nitrogens with one attached hydrogen (secondary N) is 5. The van der Waals surface area contributed by atoms with Gasteiger partial charge in [-0.3, -0.25) is 38.9 Å². The number of carbonyl (C=O) groups excluding carboxylic acids is 6. The van der Waals surface area contributed by atoms with Crippen molar-refractivity contribution in [2.24, 2.45) is 11.8 Å². The van der Waals surface area contributed by atoms with E-state index in [2.05, 4.69) is 31.6 Å². The summed E-state index contributed by atoms with van der Waals surface area (Å²) >= 11 is 6.96. The van der Waals surface area contributed by atoms with Crippen molar-refractivity contribution in [2.45, 2.75) is 70.7 Å². The van der Waals surface area contributed by atoms with Crippen LogP contribution in [0.15, 0.2) is 64.0 Å². The zero-order chi connectivity index (χ0) is 60.6. The van der Waals surface area contributed by atoms with Gasteiger partial charge in [-0.15, -0.1) is 68.0 Å². The monoisotopic (exact) mass is 1270 g/mol. The molecule has 1 unspecified atom stereocenters. The number of thiazole rings is 6. The molecule has 0 spiro atoms. The van der Waals surface area contributed by atoms with Crippen LogP contribution >= 0.6 is 68.0 Å². The van der Waals surface area contributed by atoms with Crippen molar-refractivity contribution in [1.29, 1.82) is 0 Å². The number of carbonyl (C=O) groups is 8. The van der Waals surface area contributed by atoms with E-state index in [0.29, 0.717) is 68.0 Å². The number of ether oxygens (including phenoxy) is 2. The number of Topliss-reactive ketones (excluding diaryl/α,β-unsaturated/α-hetero) is 1. The van der Waals surface area contributed by atoms with E-state index in [-0.39, 0.29) is 59.7 Å². The zero-order valence-electron chi connectivity index (χ0n) is 45.6. The number of ketones is 1. The number of amides is 5. The van der Waals surface area contributed by atoms with Gasteiger partial charge in [0.25, 0.3) is 11.8 Å². The Bertz CT molecular complexity index is 3820. The summed E-state index contributed by atoms with van der Waals surface area (Å²) in [5.74, 6) is -7.65. The van der Waals surface area contributed by atoms with E-state index < -0.39 is 91.3 Å². The first-order valence-corrected chi connectivity index (χ1v) is 31.0. The van der Waals surface area contributed by atoms with Gasteiger partial charge in [0.15, 0.2) is 5.78 Å². The molecule has 31 heteroatoms. The fraction of sp³-hybridized carbons (Fsp3) is 0.315. The first-order chi connectivity index (χ1) is 40.8. The fourth-order valence-corrected chi connectivity index (χ4v) is 14.2. The van der Waals surface area contributed by atoms with Gasteiger partial charge in [0.2, 0.25) is 11.8 Å². The minimum absolute atomic E-state index is 0.0111. The highest BCUT2D eigenvalue weighted by atomic mass is 32.1. The minimum Gasteiger partial charge on any atom is -0.481 e. The highest BCUT2D eigenvalue weighted by Crippen LogP contribution is 2.41. The summed E-state index contributed by atoms with van der Waals surface area (Å²) in [5.41, 5.74) is 2.38. The summed E-state index contributed by atoms with van der Waals surface area (Å²) < 4.78 is 10.5. The number of aromatic nitrogens is 7. The lowest BCUT2D eigenvalue weighted by Gasteiger charge is -2.23. The maximum absolute atomic E-state index is 14.3. The van der Waals surface area contributed by atoms with Gasteiger partial charge in [-0.2, -0.15) is 0 Å². The van der Waals surface area contributed by atoms with Crippen LogP contribution in [-0.2, 0) is 35.3 Å². The van der Waals surface area contributed by atoms with Crippen LogP contribution in [0.4, 0.5) is 10.6 Å². The third-order valence-corrected chi connectivity index (χ3v) is 18.8. The summed E-state index contributed by atoms with van der Waals surface area (Å²) in [4.78, 5) is 139. The van der Waals surface area contributed by atoms with E-state index in [1.165, 1.54) is 42.2 Å². The molecular weight excluding hydrogens is 1220 g/mol. The number of fused-ring (bicyclic) bond motifs is 14. The lowest BCUT2D eigenvalue weighted by molar-refractivity contribution is -0.149. The molecule has 442 valence electrons. The summed E-state index contributed by atoms with van der Waals surface area (Å²) in [6.45, 7) is 4.36. The Morgan fingerprint density at radius 3 is 2.18 bits per heavy atom. The Labute approximate surface area is 507 Å². The molecule has 7 aromatic heterocycles. The maximum atomic E-state index is 14.3. The summed E-state index contributed by atoms with van der Waals surface area (Å²) in [7, 11) is 2.93. The van der Waals surface area contributed by atoms with Gasteiger partial charge < -0.3 is 46.1 Å². The number of hydrogen-bond donors (Lipinski definition) is 8. The van der Waals surface area contributed by atoms with Crippen molar-refractivity contribution in [3.05, 3.63) is 111 Å². The molecule has 8 heterocycles. The Morgan fingerprint density at radius 1 is 0.741 bits per heavy atom. The smallest absolute Gasteiger partial charge is 0.412 e. The van der Waals surface area contributed by atoms with Gasteiger partial charge in [0.1, 0.15) is 89.7 Å². The number of aliphatic hydroxyl groups is 1. The normalized spacial score (nSPS) is 16.6. The Hall–Kier alpha value is -8.17. The molecule has 1 aromatic carbocycles. The molecule has 5 atom stereocenters. The third kappa shape index (κ3) is 14.7. The van der Waals surface area contributed by atoms with Crippen molar-refractivity contribution >= 4 is 121 Å².